The number of halogens is 4. The van der Waals surface area contributed by atoms with Crippen LogP contribution in [0, 0.1) is 9.39 Å². The van der Waals surface area contributed by atoms with Crippen molar-refractivity contribution in [1.29, 1.82) is 0 Å². The number of rotatable bonds is 4. The van der Waals surface area contributed by atoms with Crippen LogP contribution in [0.3, 0.4) is 0 Å². The fraction of sp³-hybridized carbons (Fsp3) is 0.222. The zero-order valence-electron chi connectivity index (χ0n) is 13.9. The molecule has 0 fully saturated rings. The molecule has 3 aromatic rings. The van der Waals surface area contributed by atoms with E-state index in [1.165, 1.54) is 22.9 Å². The monoisotopic (exact) mass is 473 g/mol. The van der Waals surface area contributed by atoms with E-state index in [-0.39, 0.29) is 11.1 Å². The average Bonchev–Trinajstić information content (AvgIpc) is 2.60. The quantitative estimate of drug-likeness (QED) is 0.555. The number of fused-ring (bicyclic) bond motifs is 1. The number of anilines is 1. The van der Waals surface area contributed by atoms with Crippen LogP contribution >= 0.6 is 22.6 Å². The third kappa shape index (κ3) is 3.29. The smallest absolute Gasteiger partial charge is 0.266 e. The molecule has 0 saturated heterocycles. The molecule has 1 atom stereocenters. The number of aryl methyl sites for hydroxylation is 1. The van der Waals surface area contributed by atoms with Crippen LogP contribution < -0.4 is 10.9 Å². The molecule has 1 N–H and O–H groups in total. The number of benzene rings is 1. The number of aromatic nitrogens is 2. The molecule has 0 amide bonds. The second kappa shape index (κ2) is 7.26. The first-order valence-electron chi connectivity index (χ1n) is 7.78. The zero-order valence-corrected chi connectivity index (χ0v) is 16.1. The summed E-state index contributed by atoms with van der Waals surface area (Å²) in [6.45, 7) is 1.69. The minimum Gasteiger partial charge on any atom is -0.378 e. The molecule has 0 unspecified atom stereocenters. The van der Waals surface area contributed by atoms with Gasteiger partial charge in [0.05, 0.1) is 15.2 Å². The molecule has 0 aliphatic rings. The van der Waals surface area contributed by atoms with E-state index in [2.05, 4.69) is 10.3 Å². The van der Waals surface area contributed by atoms with Crippen LogP contribution in [0.15, 0.2) is 41.3 Å². The molecule has 2 aromatic heterocycles. The van der Waals surface area contributed by atoms with Crippen molar-refractivity contribution in [3.8, 4) is 0 Å². The Kier molecular flexibility index (Phi) is 5.22. The van der Waals surface area contributed by atoms with E-state index in [0.29, 0.717) is 20.3 Å². The Morgan fingerprint density at radius 2 is 1.92 bits per heavy atom. The van der Waals surface area contributed by atoms with Crippen molar-refractivity contribution in [2.75, 3.05) is 5.32 Å². The molecule has 0 bridgehead atoms. The van der Waals surface area contributed by atoms with E-state index in [9.17, 15) is 18.0 Å². The van der Waals surface area contributed by atoms with Crippen molar-refractivity contribution in [1.82, 2.24) is 9.55 Å². The summed E-state index contributed by atoms with van der Waals surface area (Å²) in [6.07, 6.45) is -1.34. The van der Waals surface area contributed by atoms with Gasteiger partial charge >= 0.3 is 0 Å². The molecule has 0 aliphatic carbocycles. The van der Waals surface area contributed by atoms with Gasteiger partial charge in [-0.1, -0.05) is 18.2 Å². The Morgan fingerprint density at radius 1 is 1.23 bits per heavy atom. The third-order valence-corrected chi connectivity index (χ3v) is 4.97. The summed E-state index contributed by atoms with van der Waals surface area (Å²) < 4.78 is 42.2. The number of pyridine rings is 2. The highest BCUT2D eigenvalue weighted by molar-refractivity contribution is 14.1. The summed E-state index contributed by atoms with van der Waals surface area (Å²) in [6, 6.07) is 6.81. The van der Waals surface area contributed by atoms with Crippen LogP contribution in [0.25, 0.3) is 11.0 Å². The van der Waals surface area contributed by atoms with Gasteiger partial charge in [-0.15, -0.1) is 0 Å². The largest absolute Gasteiger partial charge is 0.378 e. The second-order valence-electron chi connectivity index (χ2n) is 5.87. The van der Waals surface area contributed by atoms with Crippen molar-refractivity contribution in [2.45, 2.75) is 19.4 Å². The summed E-state index contributed by atoms with van der Waals surface area (Å²) in [4.78, 5) is 16.3. The molecule has 2 heterocycles. The Morgan fingerprint density at radius 3 is 2.62 bits per heavy atom. The zero-order chi connectivity index (χ0) is 19.0. The molecule has 26 heavy (non-hydrogen) atoms. The molecule has 4 nitrogen and oxygen atoms in total. The molecule has 0 spiro atoms. The number of hydrogen-bond acceptors (Lipinski definition) is 3. The third-order valence-electron chi connectivity index (χ3n) is 4.20. The van der Waals surface area contributed by atoms with Crippen molar-refractivity contribution in [3.63, 3.8) is 0 Å². The van der Waals surface area contributed by atoms with Crippen molar-refractivity contribution < 1.29 is 13.2 Å². The Bertz CT molecular complexity index is 1040. The fourth-order valence-electron chi connectivity index (χ4n) is 2.82. The minimum absolute atomic E-state index is 0.146. The molecule has 0 saturated carbocycles. The SMILES string of the molecule is C[C@@H](Nc1ccnc2c1cc(I)c(=O)n2C)c1cccc(C(F)F)c1F. The van der Waals surface area contributed by atoms with Crippen LogP contribution in [0.5, 0.6) is 0 Å². The standard InChI is InChI=1S/C18H15F3IN3O/c1-9(10-4-3-5-11(15(10)19)16(20)21)24-14-6-7-23-17-12(14)8-13(22)18(26)25(17)2/h3-9,16H,1-2H3,(H,23,24)/t9-/m1/s1. The summed E-state index contributed by atoms with van der Waals surface area (Å²) in [5.74, 6) is -0.914. The number of hydrogen-bond donors (Lipinski definition) is 1. The number of alkyl halides is 2. The van der Waals surface area contributed by atoms with E-state index in [0.717, 1.165) is 6.07 Å². The van der Waals surface area contributed by atoms with Crippen molar-refractivity contribution in [3.05, 3.63) is 67.4 Å². The van der Waals surface area contributed by atoms with Crippen molar-refractivity contribution in [2.24, 2.45) is 7.05 Å². The van der Waals surface area contributed by atoms with E-state index < -0.39 is 23.8 Å². The minimum atomic E-state index is -2.87. The van der Waals surface area contributed by atoms with Crippen LogP contribution in [0.4, 0.5) is 18.9 Å². The number of nitrogens with one attached hydrogen (secondary N) is 1. The number of nitrogens with zero attached hydrogens (tertiary/aromatic N) is 2. The summed E-state index contributed by atoms with van der Waals surface area (Å²) in [7, 11) is 1.62. The lowest BCUT2D eigenvalue weighted by molar-refractivity contribution is 0.146. The first-order valence-corrected chi connectivity index (χ1v) is 8.86. The van der Waals surface area contributed by atoms with Crippen LogP contribution in [0.2, 0.25) is 0 Å². The molecule has 0 aliphatic heterocycles. The summed E-state index contributed by atoms with van der Waals surface area (Å²) in [5.41, 5.74) is 0.485. The molecule has 0 radical (unpaired) electrons. The summed E-state index contributed by atoms with van der Waals surface area (Å²) >= 11 is 1.94. The molecule has 1 aromatic carbocycles. The predicted octanol–water partition coefficient (Wildman–Crippen LogP) is 4.79. The van der Waals surface area contributed by atoms with Crippen LogP contribution in [-0.2, 0) is 7.05 Å². The predicted molar refractivity (Wildman–Crippen MR) is 103 cm³/mol. The summed E-state index contributed by atoms with van der Waals surface area (Å²) in [5, 5.41) is 3.83. The van der Waals surface area contributed by atoms with Gasteiger partial charge in [-0.2, -0.15) is 0 Å². The first-order chi connectivity index (χ1) is 12.3. The van der Waals surface area contributed by atoms with E-state index >= 15 is 0 Å². The van der Waals surface area contributed by atoms with Gasteiger partial charge < -0.3 is 5.32 Å². The van der Waals surface area contributed by atoms with E-state index in [4.69, 9.17) is 0 Å². The van der Waals surface area contributed by atoms with Crippen LogP contribution in [-0.4, -0.2) is 9.55 Å². The highest BCUT2D eigenvalue weighted by Crippen LogP contribution is 2.30. The lowest BCUT2D eigenvalue weighted by Crippen LogP contribution is -2.20. The first kappa shape index (κ1) is 18.7. The normalized spacial score (nSPS) is 12.6. The van der Waals surface area contributed by atoms with Gasteiger partial charge in [-0.25, -0.2) is 18.2 Å². The molecular formula is C18H15F3IN3O. The van der Waals surface area contributed by atoms with Gasteiger partial charge in [0.15, 0.2) is 0 Å². The Hall–Kier alpha value is -2.10. The van der Waals surface area contributed by atoms with E-state index in [1.807, 2.05) is 22.6 Å². The second-order valence-corrected chi connectivity index (χ2v) is 7.03. The highest BCUT2D eigenvalue weighted by atomic mass is 127. The fourth-order valence-corrected chi connectivity index (χ4v) is 3.50. The van der Waals surface area contributed by atoms with Gasteiger partial charge in [0.1, 0.15) is 11.5 Å². The Labute approximate surface area is 161 Å². The van der Waals surface area contributed by atoms with Crippen LogP contribution in [0.1, 0.15) is 30.5 Å². The lowest BCUT2D eigenvalue weighted by atomic mass is 10.0. The molecular weight excluding hydrogens is 458 g/mol. The maximum atomic E-state index is 14.4. The topological polar surface area (TPSA) is 46.9 Å². The Balaban J connectivity index is 2.05. The maximum absolute atomic E-state index is 14.4. The van der Waals surface area contributed by atoms with Crippen molar-refractivity contribution >= 4 is 39.3 Å². The average molecular weight is 473 g/mol. The highest BCUT2D eigenvalue weighted by Gasteiger charge is 2.20. The molecule has 8 heteroatoms. The maximum Gasteiger partial charge on any atom is 0.266 e. The van der Waals surface area contributed by atoms with E-state index in [1.54, 1.807) is 26.1 Å². The van der Waals surface area contributed by atoms with Gasteiger partial charge in [0.2, 0.25) is 0 Å². The van der Waals surface area contributed by atoms with Gasteiger partial charge in [-0.05, 0) is 41.6 Å². The lowest BCUT2D eigenvalue weighted by Gasteiger charge is -2.19. The van der Waals surface area contributed by atoms with Gasteiger partial charge in [-0.3, -0.25) is 9.36 Å². The van der Waals surface area contributed by atoms with Gasteiger partial charge in [0.25, 0.3) is 12.0 Å². The molecule has 136 valence electrons. The molecule has 3 rings (SSSR count). The van der Waals surface area contributed by atoms with Gasteiger partial charge in [0, 0.05) is 29.9 Å².